The highest BCUT2D eigenvalue weighted by atomic mass is 16.5. The zero-order chi connectivity index (χ0) is 12.0. The third-order valence-electron chi connectivity index (χ3n) is 2.33. The molecule has 0 saturated carbocycles. The van der Waals surface area contributed by atoms with Crippen LogP contribution in [0.5, 0.6) is 5.75 Å². The molecular weight excluding hydrogens is 206 g/mol. The van der Waals surface area contributed by atoms with E-state index in [1.807, 2.05) is 31.2 Å². The van der Waals surface area contributed by atoms with E-state index in [-0.39, 0.29) is 0 Å². The summed E-state index contributed by atoms with van der Waals surface area (Å²) in [5, 5.41) is 8.58. The van der Waals surface area contributed by atoms with Gasteiger partial charge in [0.2, 0.25) is 0 Å². The van der Waals surface area contributed by atoms with Crippen molar-refractivity contribution in [3.05, 3.63) is 29.8 Å². The fraction of sp³-hybridized carbons (Fsp3) is 0.417. The van der Waals surface area contributed by atoms with Gasteiger partial charge in [0.15, 0.2) is 0 Å². The van der Waals surface area contributed by atoms with Crippen LogP contribution in [0, 0.1) is 6.92 Å². The molecule has 88 valence electrons. The molecule has 4 nitrogen and oxygen atoms in total. The van der Waals surface area contributed by atoms with Gasteiger partial charge in [-0.25, -0.2) is 0 Å². The fourth-order valence-electron chi connectivity index (χ4n) is 1.33. The van der Waals surface area contributed by atoms with Crippen LogP contribution >= 0.6 is 0 Å². The van der Waals surface area contributed by atoms with Crippen molar-refractivity contribution in [3.8, 4) is 5.75 Å². The Bertz CT molecular complexity index is 352. The van der Waals surface area contributed by atoms with Crippen molar-refractivity contribution >= 4 is 5.97 Å². The van der Waals surface area contributed by atoms with E-state index < -0.39 is 12.0 Å². The Balaban J connectivity index is 2.26. The molecule has 1 aromatic carbocycles. The minimum absolute atomic E-state index is 0.432. The minimum Gasteiger partial charge on any atom is -0.493 e. The Labute approximate surface area is 95.0 Å². The maximum atomic E-state index is 10.5. The first-order chi connectivity index (χ1) is 7.61. The van der Waals surface area contributed by atoms with Gasteiger partial charge in [-0.15, -0.1) is 0 Å². The average molecular weight is 223 g/mol. The van der Waals surface area contributed by atoms with Gasteiger partial charge in [0.05, 0.1) is 6.61 Å². The Morgan fingerprint density at radius 3 is 2.81 bits per heavy atom. The molecule has 1 unspecified atom stereocenters. The molecule has 0 heterocycles. The molecule has 0 fully saturated rings. The van der Waals surface area contributed by atoms with Gasteiger partial charge in [0.25, 0.3) is 0 Å². The van der Waals surface area contributed by atoms with Crippen LogP contribution in [0.1, 0.15) is 18.4 Å². The van der Waals surface area contributed by atoms with Crippen LogP contribution in [-0.4, -0.2) is 23.7 Å². The molecule has 0 bridgehead atoms. The van der Waals surface area contributed by atoms with Crippen molar-refractivity contribution < 1.29 is 14.6 Å². The summed E-state index contributed by atoms with van der Waals surface area (Å²) in [7, 11) is 0. The van der Waals surface area contributed by atoms with E-state index >= 15 is 0 Å². The summed E-state index contributed by atoms with van der Waals surface area (Å²) < 4.78 is 5.52. The van der Waals surface area contributed by atoms with Crippen LogP contribution in [0.25, 0.3) is 0 Å². The first-order valence-corrected chi connectivity index (χ1v) is 5.28. The molecule has 3 N–H and O–H groups in total. The summed E-state index contributed by atoms with van der Waals surface area (Å²) in [5.41, 5.74) is 6.44. The quantitative estimate of drug-likeness (QED) is 0.718. The molecule has 1 atom stereocenters. The summed E-state index contributed by atoms with van der Waals surface area (Å²) in [6.07, 6.45) is 1.07. The van der Waals surface area contributed by atoms with E-state index in [0.29, 0.717) is 19.4 Å². The number of rotatable bonds is 6. The molecule has 4 heteroatoms. The monoisotopic (exact) mass is 223 g/mol. The maximum Gasteiger partial charge on any atom is 0.320 e. The lowest BCUT2D eigenvalue weighted by molar-refractivity contribution is -0.138. The normalized spacial score (nSPS) is 12.1. The molecule has 1 aromatic rings. The van der Waals surface area contributed by atoms with Gasteiger partial charge in [-0.05, 0) is 31.4 Å². The number of aryl methyl sites for hydroxylation is 1. The molecule has 0 aromatic heterocycles. The van der Waals surface area contributed by atoms with E-state index in [1.54, 1.807) is 0 Å². The van der Waals surface area contributed by atoms with Gasteiger partial charge in [-0.3, -0.25) is 4.79 Å². The van der Waals surface area contributed by atoms with Crippen LogP contribution in [0.2, 0.25) is 0 Å². The third-order valence-corrected chi connectivity index (χ3v) is 2.33. The standard InChI is InChI=1S/C12H17NO3/c1-9-5-2-3-7-11(9)16-8-4-6-10(13)12(14)15/h2-3,5,7,10H,4,6,8,13H2,1H3,(H,14,15). The van der Waals surface area contributed by atoms with Gasteiger partial charge in [-0.1, -0.05) is 18.2 Å². The van der Waals surface area contributed by atoms with E-state index in [2.05, 4.69) is 0 Å². The maximum absolute atomic E-state index is 10.5. The van der Waals surface area contributed by atoms with E-state index in [0.717, 1.165) is 11.3 Å². The minimum atomic E-state index is -0.962. The van der Waals surface area contributed by atoms with Crippen LogP contribution < -0.4 is 10.5 Å². The van der Waals surface area contributed by atoms with Crippen molar-refractivity contribution in [3.63, 3.8) is 0 Å². The second-order valence-electron chi connectivity index (χ2n) is 3.70. The molecule has 0 aliphatic heterocycles. The zero-order valence-corrected chi connectivity index (χ0v) is 9.35. The highest BCUT2D eigenvalue weighted by Gasteiger charge is 2.10. The number of hydrogen-bond acceptors (Lipinski definition) is 3. The van der Waals surface area contributed by atoms with Gasteiger partial charge in [-0.2, -0.15) is 0 Å². The number of benzene rings is 1. The van der Waals surface area contributed by atoms with Crippen molar-refractivity contribution in [2.75, 3.05) is 6.61 Å². The van der Waals surface area contributed by atoms with Crippen molar-refractivity contribution in [1.82, 2.24) is 0 Å². The molecule has 0 saturated heterocycles. The predicted octanol–water partition coefficient (Wildman–Crippen LogP) is 1.57. The Morgan fingerprint density at radius 2 is 2.19 bits per heavy atom. The number of carboxylic acids is 1. The number of para-hydroxylation sites is 1. The van der Waals surface area contributed by atoms with Crippen LogP contribution in [-0.2, 0) is 4.79 Å². The van der Waals surface area contributed by atoms with Crippen molar-refractivity contribution in [2.24, 2.45) is 5.73 Å². The summed E-state index contributed by atoms with van der Waals surface area (Å²) in [5.74, 6) is -0.123. The summed E-state index contributed by atoms with van der Waals surface area (Å²) in [4.78, 5) is 10.5. The first-order valence-electron chi connectivity index (χ1n) is 5.28. The molecule has 0 aliphatic carbocycles. The lowest BCUT2D eigenvalue weighted by Gasteiger charge is -2.09. The molecule has 0 amide bonds. The lowest BCUT2D eigenvalue weighted by Crippen LogP contribution is -2.30. The number of hydrogen-bond donors (Lipinski definition) is 2. The zero-order valence-electron chi connectivity index (χ0n) is 9.35. The van der Waals surface area contributed by atoms with Crippen molar-refractivity contribution in [1.29, 1.82) is 0 Å². The number of aliphatic carboxylic acids is 1. The summed E-state index contributed by atoms with van der Waals surface area (Å²) in [6.45, 7) is 2.46. The third kappa shape index (κ3) is 3.90. The lowest BCUT2D eigenvalue weighted by atomic mass is 10.2. The highest BCUT2D eigenvalue weighted by Crippen LogP contribution is 2.16. The Morgan fingerprint density at radius 1 is 1.50 bits per heavy atom. The van der Waals surface area contributed by atoms with Gasteiger partial charge in [0, 0.05) is 0 Å². The Kier molecular flexibility index (Phi) is 4.79. The van der Waals surface area contributed by atoms with E-state index in [4.69, 9.17) is 15.6 Å². The van der Waals surface area contributed by atoms with Gasteiger partial charge >= 0.3 is 5.97 Å². The van der Waals surface area contributed by atoms with Crippen LogP contribution in [0.4, 0.5) is 0 Å². The average Bonchev–Trinajstić information content (AvgIpc) is 2.26. The second kappa shape index (κ2) is 6.12. The summed E-state index contributed by atoms with van der Waals surface area (Å²) in [6, 6.07) is 6.93. The fourth-order valence-corrected chi connectivity index (χ4v) is 1.33. The number of carboxylic acid groups (broad SMARTS) is 1. The molecule has 0 radical (unpaired) electrons. The molecule has 0 spiro atoms. The SMILES string of the molecule is Cc1ccccc1OCCCC(N)C(=O)O. The topological polar surface area (TPSA) is 72.5 Å². The largest absolute Gasteiger partial charge is 0.493 e. The first kappa shape index (κ1) is 12.5. The Hall–Kier alpha value is -1.55. The number of nitrogens with two attached hydrogens (primary N) is 1. The van der Waals surface area contributed by atoms with Gasteiger partial charge < -0.3 is 15.6 Å². The summed E-state index contributed by atoms with van der Waals surface area (Å²) >= 11 is 0. The number of ether oxygens (including phenoxy) is 1. The van der Waals surface area contributed by atoms with Gasteiger partial charge in [0.1, 0.15) is 11.8 Å². The molecule has 16 heavy (non-hydrogen) atoms. The molecule has 0 aliphatic rings. The van der Waals surface area contributed by atoms with E-state index in [9.17, 15) is 4.79 Å². The van der Waals surface area contributed by atoms with Crippen LogP contribution in [0.15, 0.2) is 24.3 Å². The predicted molar refractivity (Wildman–Crippen MR) is 61.5 cm³/mol. The second-order valence-corrected chi connectivity index (χ2v) is 3.70. The smallest absolute Gasteiger partial charge is 0.320 e. The van der Waals surface area contributed by atoms with E-state index in [1.165, 1.54) is 0 Å². The molecule has 1 rings (SSSR count). The number of carbonyl (C=O) groups is 1. The van der Waals surface area contributed by atoms with Crippen molar-refractivity contribution in [2.45, 2.75) is 25.8 Å². The van der Waals surface area contributed by atoms with Crippen LogP contribution in [0.3, 0.4) is 0 Å². The highest BCUT2D eigenvalue weighted by molar-refractivity contribution is 5.72. The molecular formula is C12H17NO3.